The predicted molar refractivity (Wildman–Crippen MR) is 104 cm³/mol. The molecule has 1 aromatic heterocycles. The lowest BCUT2D eigenvalue weighted by atomic mass is 9.97. The molecule has 0 bridgehead atoms. The Morgan fingerprint density at radius 2 is 2.12 bits per heavy atom. The van der Waals surface area contributed by atoms with E-state index in [0.717, 1.165) is 60.6 Å². The van der Waals surface area contributed by atoms with Gasteiger partial charge in [-0.3, -0.25) is 0 Å². The van der Waals surface area contributed by atoms with E-state index in [4.69, 9.17) is 4.18 Å². The Hall–Kier alpha value is -1.80. The van der Waals surface area contributed by atoms with Crippen LogP contribution in [0.5, 0.6) is 5.75 Å². The van der Waals surface area contributed by atoms with Crippen LogP contribution in [-0.4, -0.2) is 36.9 Å². The van der Waals surface area contributed by atoms with E-state index in [0.29, 0.717) is 11.7 Å². The van der Waals surface area contributed by atoms with Gasteiger partial charge in [-0.15, -0.1) is 0 Å². The quantitative estimate of drug-likeness (QED) is 0.334. The molecule has 1 aliphatic rings. The molecule has 0 amide bonds. The minimum absolute atomic E-state index is 0.380. The van der Waals surface area contributed by atoms with E-state index in [9.17, 15) is 8.42 Å². The van der Waals surface area contributed by atoms with E-state index in [1.165, 1.54) is 0 Å². The van der Waals surface area contributed by atoms with Crippen LogP contribution in [0.1, 0.15) is 24.8 Å². The van der Waals surface area contributed by atoms with Crippen molar-refractivity contribution in [1.82, 2.24) is 9.97 Å². The highest BCUT2D eigenvalue weighted by Gasteiger charge is 2.17. The maximum absolute atomic E-state index is 11.3. The number of benzene rings is 1. The molecule has 140 valence electrons. The summed E-state index contributed by atoms with van der Waals surface area (Å²) in [5.74, 6) is 1.99. The van der Waals surface area contributed by atoms with Crippen molar-refractivity contribution in [2.75, 3.05) is 23.9 Å². The Bertz CT molecular complexity index is 829. The summed E-state index contributed by atoms with van der Waals surface area (Å²) in [5.41, 5.74) is 2.18. The third kappa shape index (κ3) is 5.88. The van der Waals surface area contributed by atoms with Crippen molar-refractivity contribution in [3.63, 3.8) is 0 Å². The fourth-order valence-corrected chi connectivity index (χ4v) is 4.25. The van der Waals surface area contributed by atoms with Crippen LogP contribution in [0.2, 0.25) is 0 Å². The van der Waals surface area contributed by atoms with Crippen molar-refractivity contribution < 1.29 is 12.6 Å². The zero-order chi connectivity index (χ0) is 18.4. The fourth-order valence-electron chi connectivity index (χ4n) is 3.03. The summed E-state index contributed by atoms with van der Waals surface area (Å²) in [7, 11) is -3.49. The topological polar surface area (TPSA) is 81.2 Å². The van der Waals surface area contributed by atoms with Crippen molar-refractivity contribution in [3.05, 3.63) is 42.2 Å². The molecule has 1 unspecified atom stereocenters. The van der Waals surface area contributed by atoms with Crippen molar-refractivity contribution >= 4 is 27.6 Å². The number of rotatable bonds is 7. The molecule has 1 aromatic carbocycles. The summed E-state index contributed by atoms with van der Waals surface area (Å²) in [4.78, 5) is 8.45. The minimum atomic E-state index is -3.49. The van der Waals surface area contributed by atoms with Gasteiger partial charge in [-0.2, -0.15) is 8.42 Å². The van der Waals surface area contributed by atoms with E-state index >= 15 is 0 Å². The van der Waals surface area contributed by atoms with Gasteiger partial charge in [0.25, 0.3) is 0 Å². The normalized spacial score (nSPS) is 17.0. The van der Waals surface area contributed by atoms with E-state index in [1.807, 2.05) is 18.2 Å². The number of anilines is 1. The van der Waals surface area contributed by atoms with Crippen LogP contribution in [0.4, 0.5) is 5.69 Å². The standard InChI is InChI=1S/C18H23N3O3S2/c1-26(22,23)24-16-7-8-17-15(12-16)6-5-14(13-21-17)4-2-11-25-18-19-9-3-10-20-18/h3,7-10,12,14,21H,2,4-6,11,13H2,1H3. The first-order valence-electron chi connectivity index (χ1n) is 8.66. The number of aromatic nitrogens is 2. The second-order valence-electron chi connectivity index (χ2n) is 6.41. The molecule has 0 radical (unpaired) electrons. The van der Waals surface area contributed by atoms with Gasteiger partial charge in [0, 0.05) is 30.4 Å². The molecule has 0 saturated carbocycles. The molecule has 0 fully saturated rings. The second-order valence-corrected chi connectivity index (χ2v) is 9.05. The third-order valence-electron chi connectivity index (χ3n) is 4.26. The van der Waals surface area contributed by atoms with Crippen LogP contribution in [0.25, 0.3) is 0 Å². The predicted octanol–water partition coefficient (Wildman–Crippen LogP) is 3.36. The van der Waals surface area contributed by atoms with Crippen LogP contribution in [0, 0.1) is 5.92 Å². The maximum Gasteiger partial charge on any atom is 0.306 e. The molecule has 3 rings (SSSR count). The molecule has 0 saturated heterocycles. The number of thioether (sulfide) groups is 1. The summed E-state index contributed by atoms with van der Waals surface area (Å²) in [6.45, 7) is 0.936. The number of hydrogen-bond acceptors (Lipinski definition) is 7. The van der Waals surface area contributed by atoms with Crippen LogP contribution in [0.3, 0.4) is 0 Å². The summed E-state index contributed by atoms with van der Waals surface area (Å²) < 4.78 is 27.6. The number of nitrogens with zero attached hydrogens (tertiary/aromatic N) is 2. The average Bonchev–Trinajstić information content (AvgIpc) is 2.80. The van der Waals surface area contributed by atoms with Gasteiger partial charge < -0.3 is 9.50 Å². The minimum Gasteiger partial charge on any atom is -0.385 e. The lowest BCUT2D eigenvalue weighted by Gasteiger charge is -2.14. The smallest absolute Gasteiger partial charge is 0.306 e. The first kappa shape index (κ1) is 19.0. The molecular weight excluding hydrogens is 370 g/mol. The summed E-state index contributed by atoms with van der Waals surface area (Å²) in [6.07, 6.45) is 8.86. The number of aryl methyl sites for hydroxylation is 1. The van der Waals surface area contributed by atoms with E-state index in [1.54, 1.807) is 30.2 Å². The van der Waals surface area contributed by atoms with Crippen molar-refractivity contribution in [2.24, 2.45) is 5.92 Å². The summed E-state index contributed by atoms with van der Waals surface area (Å²) >= 11 is 1.69. The van der Waals surface area contributed by atoms with Crippen LogP contribution >= 0.6 is 11.8 Å². The van der Waals surface area contributed by atoms with Gasteiger partial charge in [0.15, 0.2) is 5.16 Å². The van der Waals surface area contributed by atoms with Gasteiger partial charge >= 0.3 is 10.1 Å². The van der Waals surface area contributed by atoms with E-state index in [2.05, 4.69) is 15.3 Å². The molecule has 6 nitrogen and oxygen atoms in total. The van der Waals surface area contributed by atoms with Crippen LogP contribution < -0.4 is 9.50 Å². The largest absolute Gasteiger partial charge is 0.385 e. The Balaban J connectivity index is 1.48. The van der Waals surface area contributed by atoms with Gasteiger partial charge in [0.2, 0.25) is 0 Å². The highest BCUT2D eigenvalue weighted by Crippen LogP contribution is 2.30. The number of fused-ring (bicyclic) bond motifs is 1. The molecule has 0 aliphatic carbocycles. The monoisotopic (exact) mass is 393 g/mol. The molecule has 1 N–H and O–H groups in total. The fraction of sp³-hybridized carbons (Fsp3) is 0.444. The zero-order valence-corrected chi connectivity index (χ0v) is 16.4. The van der Waals surface area contributed by atoms with Crippen LogP contribution in [0.15, 0.2) is 41.8 Å². The molecule has 2 aromatic rings. The first-order chi connectivity index (χ1) is 12.5. The highest BCUT2D eigenvalue weighted by molar-refractivity contribution is 7.99. The molecule has 26 heavy (non-hydrogen) atoms. The zero-order valence-electron chi connectivity index (χ0n) is 14.7. The molecule has 2 heterocycles. The average molecular weight is 394 g/mol. The van der Waals surface area contributed by atoms with Crippen molar-refractivity contribution in [3.8, 4) is 5.75 Å². The SMILES string of the molecule is CS(=O)(=O)Oc1ccc2c(c1)CCC(CCCSc1ncccn1)CN2. The van der Waals surface area contributed by atoms with Crippen molar-refractivity contribution in [1.29, 1.82) is 0 Å². The second kappa shape index (κ2) is 8.73. The summed E-state index contributed by atoms with van der Waals surface area (Å²) in [5, 5.41) is 4.32. The first-order valence-corrected chi connectivity index (χ1v) is 11.5. The highest BCUT2D eigenvalue weighted by atomic mass is 32.2. The molecule has 0 spiro atoms. The molecule has 1 atom stereocenters. The Labute approximate surface area is 158 Å². The van der Waals surface area contributed by atoms with E-state index in [-0.39, 0.29) is 0 Å². The van der Waals surface area contributed by atoms with E-state index < -0.39 is 10.1 Å². The van der Waals surface area contributed by atoms with Crippen molar-refractivity contribution in [2.45, 2.75) is 30.8 Å². The number of nitrogens with one attached hydrogen (secondary N) is 1. The molecule has 1 aliphatic heterocycles. The summed E-state index contributed by atoms with van der Waals surface area (Å²) in [6, 6.07) is 7.25. The maximum atomic E-state index is 11.3. The Morgan fingerprint density at radius 1 is 1.31 bits per heavy atom. The van der Waals surface area contributed by atoms with Gasteiger partial charge in [-0.25, -0.2) is 9.97 Å². The van der Waals surface area contributed by atoms with Gasteiger partial charge in [0.05, 0.1) is 6.26 Å². The van der Waals surface area contributed by atoms with Crippen LogP contribution in [-0.2, 0) is 16.5 Å². The Morgan fingerprint density at radius 3 is 2.88 bits per heavy atom. The van der Waals surface area contributed by atoms with Gasteiger partial charge in [-0.05, 0) is 61.4 Å². The number of hydrogen-bond donors (Lipinski definition) is 1. The molecule has 8 heteroatoms. The lowest BCUT2D eigenvalue weighted by Crippen LogP contribution is -2.12. The van der Waals surface area contributed by atoms with Gasteiger partial charge in [0.1, 0.15) is 5.75 Å². The Kier molecular flexibility index (Phi) is 6.37. The third-order valence-corrected chi connectivity index (χ3v) is 5.71. The molecular formula is C18H23N3O3S2. The lowest BCUT2D eigenvalue weighted by molar-refractivity contribution is 0.475. The van der Waals surface area contributed by atoms with Gasteiger partial charge in [-0.1, -0.05) is 11.8 Å².